The van der Waals surface area contributed by atoms with Crippen molar-refractivity contribution in [3.05, 3.63) is 0 Å². The number of aliphatic carboxylic acids is 1. The number of carboxylic acid groups (broad SMARTS) is 1. The van der Waals surface area contributed by atoms with Crippen molar-refractivity contribution in [2.24, 2.45) is 0 Å². The fraction of sp³-hybridized carbons (Fsp3) is 0.750. The zero-order valence-corrected chi connectivity index (χ0v) is 11.3. The molecular weight excluding hydrogens is 252 g/mol. The Bertz CT molecular complexity index is 356. The first-order valence-electron chi connectivity index (χ1n) is 6.24. The number of carbonyl (C=O) groups is 3. The minimum absolute atomic E-state index is 0.0156. The summed E-state index contributed by atoms with van der Waals surface area (Å²) in [5, 5.41) is 8.83. The molecule has 1 aliphatic rings. The second kappa shape index (κ2) is 7.08. The van der Waals surface area contributed by atoms with Gasteiger partial charge in [-0.25, -0.2) is 4.79 Å². The molecule has 1 saturated heterocycles. The van der Waals surface area contributed by atoms with Crippen molar-refractivity contribution in [1.29, 1.82) is 0 Å². The van der Waals surface area contributed by atoms with Crippen molar-refractivity contribution in [3.8, 4) is 0 Å². The Morgan fingerprint density at radius 2 is 2.00 bits per heavy atom. The number of carboxylic acids is 1. The van der Waals surface area contributed by atoms with Crippen molar-refractivity contribution >= 4 is 17.8 Å². The van der Waals surface area contributed by atoms with Gasteiger partial charge in [0.25, 0.3) is 0 Å². The first-order chi connectivity index (χ1) is 8.91. The molecular formula is C12H20N2O5. The van der Waals surface area contributed by atoms with Crippen LogP contribution in [0, 0.1) is 0 Å². The molecule has 0 bridgehead atoms. The summed E-state index contributed by atoms with van der Waals surface area (Å²) in [6, 6.07) is 0. The van der Waals surface area contributed by atoms with Crippen LogP contribution in [0.2, 0.25) is 0 Å². The summed E-state index contributed by atoms with van der Waals surface area (Å²) in [7, 11) is 3.34. The van der Waals surface area contributed by atoms with Crippen LogP contribution in [-0.4, -0.2) is 72.6 Å². The fourth-order valence-electron chi connectivity index (χ4n) is 1.80. The molecule has 7 nitrogen and oxygen atoms in total. The van der Waals surface area contributed by atoms with E-state index in [0.717, 1.165) is 0 Å². The predicted octanol–water partition coefficient (Wildman–Crippen LogP) is -0.443. The second-order valence-corrected chi connectivity index (χ2v) is 4.68. The SMILES string of the molecule is CN(C)C(=O)CCCC(=O)N1CCOC(C(=O)O)C1. The van der Waals surface area contributed by atoms with E-state index in [9.17, 15) is 14.4 Å². The van der Waals surface area contributed by atoms with E-state index in [4.69, 9.17) is 9.84 Å². The molecule has 0 spiro atoms. The highest BCUT2D eigenvalue weighted by molar-refractivity contribution is 5.80. The maximum absolute atomic E-state index is 11.9. The van der Waals surface area contributed by atoms with Gasteiger partial charge in [-0.15, -0.1) is 0 Å². The van der Waals surface area contributed by atoms with Crippen LogP contribution in [0.5, 0.6) is 0 Å². The van der Waals surface area contributed by atoms with Gasteiger partial charge in [-0.1, -0.05) is 0 Å². The Labute approximate surface area is 112 Å². The topological polar surface area (TPSA) is 87.2 Å². The lowest BCUT2D eigenvalue weighted by Gasteiger charge is -2.30. The normalized spacial score (nSPS) is 19.1. The van der Waals surface area contributed by atoms with Crippen LogP contribution in [0.15, 0.2) is 0 Å². The largest absolute Gasteiger partial charge is 0.479 e. The molecule has 2 amide bonds. The number of amides is 2. The zero-order valence-electron chi connectivity index (χ0n) is 11.3. The van der Waals surface area contributed by atoms with E-state index >= 15 is 0 Å². The van der Waals surface area contributed by atoms with Gasteiger partial charge in [0, 0.05) is 33.5 Å². The summed E-state index contributed by atoms with van der Waals surface area (Å²) in [5.74, 6) is -1.19. The van der Waals surface area contributed by atoms with E-state index in [1.165, 1.54) is 9.80 Å². The monoisotopic (exact) mass is 272 g/mol. The lowest BCUT2D eigenvalue weighted by atomic mass is 10.2. The number of nitrogens with zero attached hydrogens (tertiary/aromatic N) is 2. The van der Waals surface area contributed by atoms with Crippen LogP contribution >= 0.6 is 0 Å². The van der Waals surface area contributed by atoms with E-state index in [-0.39, 0.29) is 31.4 Å². The number of hydrogen-bond donors (Lipinski definition) is 1. The van der Waals surface area contributed by atoms with Crippen LogP contribution in [0.4, 0.5) is 0 Å². The number of rotatable bonds is 5. The minimum atomic E-state index is -1.06. The molecule has 0 aromatic carbocycles. The lowest BCUT2D eigenvalue weighted by Crippen LogP contribution is -2.48. The number of ether oxygens (including phenoxy) is 1. The summed E-state index contributed by atoms with van der Waals surface area (Å²) in [6.07, 6.45) is 0.114. The highest BCUT2D eigenvalue weighted by atomic mass is 16.5. The summed E-state index contributed by atoms with van der Waals surface area (Å²) in [5.41, 5.74) is 0. The smallest absolute Gasteiger partial charge is 0.334 e. The molecule has 19 heavy (non-hydrogen) atoms. The molecule has 0 aliphatic carbocycles. The maximum Gasteiger partial charge on any atom is 0.334 e. The van der Waals surface area contributed by atoms with Gasteiger partial charge in [0.15, 0.2) is 6.10 Å². The standard InChI is InChI=1S/C12H20N2O5/c1-13(2)10(15)4-3-5-11(16)14-6-7-19-9(8-14)12(17)18/h9H,3-8H2,1-2H3,(H,17,18). The van der Waals surface area contributed by atoms with Gasteiger partial charge < -0.3 is 19.6 Å². The van der Waals surface area contributed by atoms with E-state index in [1.54, 1.807) is 14.1 Å². The average Bonchev–Trinajstić information content (AvgIpc) is 2.38. The lowest BCUT2D eigenvalue weighted by molar-refractivity contribution is -0.159. The van der Waals surface area contributed by atoms with E-state index in [1.807, 2.05) is 0 Å². The molecule has 108 valence electrons. The molecule has 1 heterocycles. The van der Waals surface area contributed by atoms with Gasteiger partial charge in [-0.2, -0.15) is 0 Å². The fourth-order valence-corrected chi connectivity index (χ4v) is 1.80. The third-order valence-corrected chi connectivity index (χ3v) is 2.97. The first-order valence-corrected chi connectivity index (χ1v) is 6.24. The molecule has 0 aromatic heterocycles. The molecule has 1 N–H and O–H groups in total. The highest BCUT2D eigenvalue weighted by Gasteiger charge is 2.28. The van der Waals surface area contributed by atoms with Crippen LogP contribution in [0.3, 0.4) is 0 Å². The minimum Gasteiger partial charge on any atom is -0.479 e. The molecule has 1 unspecified atom stereocenters. The van der Waals surface area contributed by atoms with Crippen molar-refractivity contribution in [3.63, 3.8) is 0 Å². The third-order valence-electron chi connectivity index (χ3n) is 2.97. The number of hydrogen-bond acceptors (Lipinski definition) is 4. The van der Waals surface area contributed by atoms with Crippen LogP contribution in [0.25, 0.3) is 0 Å². The summed E-state index contributed by atoms with van der Waals surface area (Å²) in [6.45, 7) is 0.722. The average molecular weight is 272 g/mol. The Kier molecular flexibility index (Phi) is 5.75. The Balaban J connectivity index is 2.33. The predicted molar refractivity (Wildman–Crippen MR) is 66.5 cm³/mol. The second-order valence-electron chi connectivity index (χ2n) is 4.68. The van der Waals surface area contributed by atoms with Crippen molar-refractivity contribution in [2.75, 3.05) is 33.8 Å². The van der Waals surface area contributed by atoms with Crippen LogP contribution in [-0.2, 0) is 19.1 Å². The van der Waals surface area contributed by atoms with Crippen LogP contribution in [0.1, 0.15) is 19.3 Å². The Morgan fingerprint density at radius 3 is 2.58 bits per heavy atom. The maximum atomic E-state index is 11.9. The van der Waals surface area contributed by atoms with Crippen molar-refractivity contribution in [1.82, 2.24) is 9.80 Å². The summed E-state index contributed by atoms with van der Waals surface area (Å²) >= 11 is 0. The summed E-state index contributed by atoms with van der Waals surface area (Å²) < 4.78 is 5.04. The van der Waals surface area contributed by atoms with Crippen molar-refractivity contribution in [2.45, 2.75) is 25.4 Å². The van der Waals surface area contributed by atoms with E-state index < -0.39 is 12.1 Å². The molecule has 0 aromatic rings. The molecule has 0 radical (unpaired) electrons. The number of carbonyl (C=O) groups excluding carboxylic acids is 2. The zero-order chi connectivity index (χ0) is 14.4. The third kappa shape index (κ3) is 4.86. The van der Waals surface area contributed by atoms with Gasteiger partial charge in [0.05, 0.1) is 13.2 Å². The Hall–Kier alpha value is -1.63. The highest BCUT2D eigenvalue weighted by Crippen LogP contribution is 2.09. The van der Waals surface area contributed by atoms with Crippen LogP contribution < -0.4 is 0 Å². The molecule has 1 aliphatic heterocycles. The van der Waals surface area contributed by atoms with Gasteiger partial charge in [0.2, 0.25) is 11.8 Å². The quantitative estimate of drug-likeness (QED) is 0.733. The van der Waals surface area contributed by atoms with E-state index in [2.05, 4.69) is 0 Å². The molecule has 1 atom stereocenters. The van der Waals surface area contributed by atoms with Gasteiger partial charge >= 0.3 is 5.97 Å². The van der Waals surface area contributed by atoms with Gasteiger partial charge in [0.1, 0.15) is 0 Å². The number of morpholine rings is 1. The van der Waals surface area contributed by atoms with Gasteiger partial charge in [-0.05, 0) is 6.42 Å². The van der Waals surface area contributed by atoms with Crippen molar-refractivity contribution < 1.29 is 24.2 Å². The molecule has 1 fully saturated rings. The first kappa shape index (κ1) is 15.4. The molecule has 7 heteroatoms. The molecule has 1 rings (SSSR count). The molecule has 0 saturated carbocycles. The Morgan fingerprint density at radius 1 is 1.32 bits per heavy atom. The summed E-state index contributed by atoms with van der Waals surface area (Å²) in [4.78, 5) is 37.0. The van der Waals surface area contributed by atoms with Gasteiger partial charge in [-0.3, -0.25) is 9.59 Å². The van der Waals surface area contributed by atoms with E-state index in [0.29, 0.717) is 19.4 Å².